The van der Waals surface area contributed by atoms with E-state index in [1.807, 2.05) is 12.1 Å². The quantitative estimate of drug-likeness (QED) is 0.459. The van der Waals surface area contributed by atoms with Gasteiger partial charge in [-0.2, -0.15) is 0 Å². The zero-order valence-electron chi connectivity index (χ0n) is 16.4. The Morgan fingerprint density at radius 1 is 0.852 bits per heavy atom. The Morgan fingerprint density at radius 2 is 1.56 bits per heavy atom. The van der Waals surface area contributed by atoms with Crippen LogP contribution in [0, 0.1) is 0 Å². The first-order valence-corrected chi connectivity index (χ1v) is 10.2. The highest BCUT2D eigenvalue weighted by Gasteiger charge is 2.16. The third kappa shape index (κ3) is 6.53. The average Bonchev–Trinajstić information content (AvgIpc) is 2.71. The number of unbranched alkanes of at least 4 members (excludes halogenated alkanes) is 1. The van der Waals surface area contributed by atoms with Crippen molar-refractivity contribution in [1.82, 2.24) is 9.80 Å². The molecule has 0 aromatic heterocycles. The Balaban J connectivity index is 1.29. The van der Waals surface area contributed by atoms with E-state index in [1.54, 1.807) is 0 Å². The SMILES string of the molecule is C=CCc1ccccc1OCCCCN1CCN(Cc2ccccc2)CC1. The number of ether oxygens (including phenoxy) is 1. The third-order valence-electron chi connectivity index (χ3n) is 5.18. The lowest BCUT2D eigenvalue weighted by Gasteiger charge is -2.34. The molecule has 2 aromatic rings. The van der Waals surface area contributed by atoms with Gasteiger partial charge in [-0.3, -0.25) is 4.90 Å². The van der Waals surface area contributed by atoms with Crippen LogP contribution in [0.25, 0.3) is 0 Å². The molecule has 1 aliphatic rings. The number of hydrogen-bond donors (Lipinski definition) is 0. The number of hydrogen-bond acceptors (Lipinski definition) is 3. The zero-order chi connectivity index (χ0) is 18.7. The van der Waals surface area contributed by atoms with E-state index >= 15 is 0 Å². The molecule has 144 valence electrons. The maximum absolute atomic E-state index is 5.99. The van der Waals surface area contributed by atoms with Crippen molar-refractivity contribution >= 4 is 0 Å². The van der Waals surface area contributed by atoms with E-state index < -0.39 is 0 Å². The van der Waals surface area contributed by atoms with E-state index in [2.05, 4.69) is 64.9 Å². The monoisotopic (exact) mass is 364 g/mol. The Kier molecular flexibility index (Phi) is 7.94. The maximum Gasteiger partial charge on any atom is 0.122 e. The van der Waals surface area contributed by atoms with Gasteiger partial charge < -0.3 is 9.64 Å². The molecule has 0 N–H and O–H groups in total. The first-order chi connectivity index (χ1) is 13.3. The topological polar surface area (TPSA) is 15.7 Å². The second-order valence-corrected chi connectivity index (χ2v) is 7.26. The summed E-state index contributed by atoms with van der Waals surface area (Å²) in [6.45, 7) is 11.6. The van der Waals surface area contributed by atoms with Crippen molar-refractivity contribution in [3.05, 3.63) is 78.4 Å². The molecular formula is C24H32N2O. The zero-order valence-corrected chi connectivity index (χ0v) is 16.4. The van der Waals surface area contributed by atoms with Crippen LogP contribution in [0.15, 0.2) is 67.3 Å². The Hall–Kier alpha value is -2.10. The molecule has 1 aliphatic heterocycles. The van der Waals surface area contributed by atoms with Crippen LogP contribution in [-0.2, 0) is 13.0 Å². The van der Waals surface area contributed by atoms with Crippen LogP contribution < -0.4 is 4.74 Å². The van der Waals surface area contributed by atoms with Crippen LogP contribution >= 0.6 is 0 Å². The highest BCUT2D eigenvalue weighted by molar-refractivity contribution is 5.34. The van der Waals surface area contributed by atoms with Crippen LogP contribution in [0.1, 0.15) is 24.0 Å². The largest absolute Gasteiger partial charge is 0.493 e. The molecule has 3 rings (SSSR count). The maximum atomic E-state index is 5.99. The Labute approximate surface area is 164 Å². The lowest BCUT2D eigenvalue weighted by molar-refractivity contribution is 0.124. The van der Waals surface area contributed by atoms with Crippen molar-refractivity contribution in [3.8, 4) is 5.75 Å². The number of nitrogens with zero attached hydrogens (tertiary/aromatic N) is 2. The number of allylic oxidation sites excluding steroid dienone is 1. The summed E-state index contributed by atoms with van der Waals surface area (Å²) in [5, 5.41) is 0. The van der Waals surface area contributed by atoms with E-state index in [9.17, 15) is 0 Å². The molecule has 1 fully saturated rings. The third-order valence-corrected chi connectivity index (χ3v) is 5.18. The second kappa shape index (κ2) is 10.9. The predicted molar refractivity (Wildman–Crippen MR) is 113 cm³/mol. The molecule has 0 radical (unpaired) electrons. The van der Waals surface area contributed by atoms with Gasteiger partial charge in [0.2, 0.25) is 0 Å². The van der Waals surface area contributed by atoms with Gasteiger partial charge in [0.25, 0.3) is 0 Å². The minimum Gasteiger partial charge on any atom is -0.493 e. The Bertz CT molecular complexity index is 678. The van der Waals surface area contributed by atoms with Crippen molar-refractivity contribution in [2.24, 2.45) is 0 Å². The molecule has 0 unspecified atom stereocenters. The molecule has 27 heavy (non-hydrogen) atoms. The molecule has 0 amide bonds. The molecule has 1 heterocycles. The minimum atomic E-state index is 0.794. The van der Waals surface area contributed by atoms with Gasteiger partial charge in [-0.05, 0) is 43.0 Å². The smallest absolute Gasteiger partial charge is 0.122 e. The van der Waals surface area contributed by atoms with Gasteiger partial charge >= 0.3 is 0 Å². The molecule has 3 nitrogen and oxygen atoms in total. The molecule has 0 atom stereocenters. The average molecular weight is 365 g/mol. The van der Waals surface area contributed by atoms with Gasteiger partial charge in [0.05, 0.1) is 6.61 Å². The van der Waals surface area contributed by atoms with E-state index in [1.165, 1.54) is 50.3 Å². The predicted octanol–water partition coefficient (Wildman–Crippen LogP) is 4.39. The van der Waals surface area contributed by atoms with Crippen molar-refractivity contribution in [2.45, 2.75) is 25.8 Å². The van der Waals surface area contributed by atoms with Gasteiger partial charge in [0, 0.05) is 32.7 Å². The summed E-state index contributed by atoms with van der Waals surface area (Å²) < 4.78 is 5.99. The summed E-state index contributed by atoms with van der Waals surface area (Å²) in [4.78, 5) is 5.15. The summed E-state index contributed by atoms with van der Waals surface area (Å²) in [6, 6.07) is 19.1. The summed E-state index contributed by atoms with van der Waals surface area (Å²) in [5.74, 6) is 1.01. The lowest BCUT2D eigenvalue weighted by atomic mass is 10.1. The first kappa shape index (κ1) is 19.7. The van der Waals surface area contributed by atoms with E-state index in [4.69, 9.17) is 4.74 Å². The van der Waals surface area contributed by atoms with E-state index in [0.717, 1.165) is 31.7 Å². The van der Waals surface area contributed by atoms with Crippen LogP contribution in [-0.4, -0.2) is 49.1 Å². The van der Waals surface area contributed by atoms with Gasteiger partial charge in [-0.25, -0.2) is 0 Å². The Morgan fingerprint density at radius 3 is 2.33 bits per heavy atom. The molecule has 0 saturated carbocycles. The number of para-hydroxylation sites is 1. The minimum absolute atomic E-state index is 0.794. The summed E-state index contributed by atoms with van der Waals surface area (Å²) in [6.07, 6.45) is 5.10. The van der Waals surface area contributed by atoms with E-state index in [0.29, 0.717) is 0 Å². The lowest BCUT2D eigenvalue weighted by Crippen LogP contribution is -2.46. The molecule has 0 spiro atoms. The summed E-state index contributed by atoms with van der Waals surface area (Å²) in [7, 11) is 0. The molecule has 0 aliphatic carbocycles. The van der Waals surface area contributed by atoms with Crippen LogP contribution in [0.4, 0.5) is 0 Å². The van der Waals surface area contributed by atoms with Crippen molar-refractivity contribution < 1.29 is 4.74 Å². The van der Waals surface area contributed by atoms with Gasteiger partial charge in [-0.1, -0.05) is 54.6 Å². The van der Waals surface area contributed by atoms with Gasteiger partial charge in [0.1, 0.15) is 5.75 Å². The number of rotatable bonds is 10. The van der Waals surface area contributed by atoms with E-state index in [-0.39, 0.29) is 0 Å². The highest BCUT2D eigenvalue weighted by Crippen LogP contribution is 2.19. The van der Waals surface area contributed by atoms with Gasteiger partial charge in [-0.15, -0.1) is 6.58 Å². The van der Waals surface area contributed by atoms with Crippen LogP contribution in [0.2, 0.25) is 0 Å². The summed E-state index contributed by atoms with van der Waals surface area (Å²) >= 11 is 0. The van der Waals surface area contributed by atoms with Crippen LogP contribution in [0.3, 0.4) is 0 Å². The first-order valence-electron chi connectivity index (χ1n) is 10.2. The van der Waals surface area contributed by atoms with Crippen LogP contribution in [0.5, 0.6) is 5.75 Å². The van der Waals surface area contributed by atoms with Crippen molar-refractivity contribution in [3.63, 3.8) is 0 Å². The normalized spacial score (nSPS) is 15.6. The fraction of sp³-hybridized carbons (Fsp3) is 0.417. The standard InChI is InChI=1S/C24H32N2O/c1-2-10-23-13-6-7-14-24(23)27-20-9-8-15-25-16-18-26(19-17-25)21-22-11-4-3-5-12-22/h2-7,11-14H,1,8-10,15-21H2. The second-order valence-electron chi connectivity index (χ2n) is 7.26. The molecule has 2 aromatic carbocycles. The fourth-order valence-electron chi connectivity index (χ4n) is 3.60. The fourth-order valence-corrected chi connectivity index (χ4v) is 3.60. The molecular weight excluding hydrogens is 332 g/mol. The summed E-state index contributed by atoms with van der Waals surface area (Å²) in [5.41, 5.74) is 2.64. The van der Waals surface area contributed by atoms with Crippen molar-refractivity contribution in [1.29, 1.82) is 0 Å². The van der Waals surface area contributed by atoms with Crippen molar-refractivity contribution in [2.75, 3.05) is 39.3 Å². The highest BCUT2D eigenvalue weighted by atomic mass is 16.5. The number of piperazine rings is 1. The number of benzene rings is 2. The van der Waals surface area contributed by atoms with Gasteiger partial charge in [0.15, 0.2) is 0 Å². The molecule has 0 bridgehead atoms. The molecule has 1 saturated heterocycles. The molecule has 3 heteroatoms.